The quantitative estimate of drug-likeness (QED) is 0.0853. The summed E-state index contributed by atoms with van der Waals surface area (Å²) < 4.78 is 5.06. The Bertz CT molecular complexity index is 2490. The number of fused-ring (bicyclic) bond motifs is 2. The maximum absolute atomic E-state index is 5.06. The summed E-state index contributed by atoms with van der Waals surface area (Å²) in [5.74, 6) is 0.699. The van der Waals surface area contributed by atoms with Crippen LogP contribution in [0.15, 0.2) is 175 Å². The molecule has 0 aliphatic carbocycles. The first kappa shape index (κ1) is 98.4. The molecule has 0 spiro atoms. The van der Waals surface area contributed by atoms with Crippen LogP contribution in [0.3, 0.4) is 0 Å². The molecule has 7 N–H and O–H groups in total. The van der Waals surface area contributed by atoms with E-state index in [1.807, 2.05) is 224 Å². The Kier molecular flexibility index (Phi) is 83.2. The standard InChI is InChI=1S/C20H12.3C8H6N2.C8H5NO.10C2H6.5Y/c1-3-11-17-15(7-1)9-5-13-19(17)20-14-6-10-16-8-2-4-12-18(16)20;1-3-9-5-7(1)8-2-4-10-6-8;1-3-7(9-5-1)8-4-2-6-10-8;1-2-8(10-4-1)7-3-5-9-6-7;1-3-7(9-5-1)8-4-2-6-10-8;10*1-2;;;;;/h1-12H;1-4,9-10H;1-2,5-6,9-10H;1,3-5,9-10H;1-2,5-6,9H;10*1-2H3;;;;;/q5*-2;;;;;;;;;;;;;;;. The van der Waals surface area contributed by atoms with Crippen molar-refractivity contribution in [1.29, 1.82) is 0 Å². The largest absolute Gasteiger partial charge is 0.602 e. The van der Waals surface area contributed by atoms with Crippen LogP contribution in [0.2, 0.25) is 0 Å². The molecule has 0 bridgehead atoms. The molecule has 0 aliphatic rings. The number of benzene rings is 4. The van der Waals surface area contributed by atoms with Gasteiger partial charge in [0.2, 0.25) is 0 Å². The Balaban J connectivity index is -0.000000136. The van der Waals surface area contributed by atoms with Gasteiger partial charge in [-0.2, -0.15) is 71.7 Å². The Labute approximate surface area is 642 Å². The average Bonchev–Trinajstić information content (AvgIpc) is 4.61. The molecule has 8 heterocycles. The van der Waals surface area contributed by atoms with Crippen LogP contribution < -0.4 is 0 Å². The van der Waals surface area contributed by atoms with Crippen molar-refractivity contribution in [3.8, 4) is 56.4 Å². The summed E-state index contributed by atoms with van der Waals surface area (Å²) in [6, 6.07) is 61.7. The zero-order valence-electron chi connectivity index (χ0n) is 55.0. The number of nitrogens with one attached hydrogen (secondary N) is 7. The third-order valence-electron chi connectivity index (χ3n) is 8.97. The van der Waals surface area contributed by atoms with Crippen LogP contribution in [0.25, 0.3) is 77.9 Å². The van der Waals surface area contributed by atoms with Crippen molar-refractivity contribution in [2.45, 2.75) is 138 Å². The van der Waals surface area contributed by atoms with Crippen molar-refractivity contribution >= 4 is 21.5 Å². The molecular formula is C72H95N7OY5-10. The second-order valence-corrected chi connectivity index (χ2v) is 12.8. The van der Waals surface area contributed by atoms with Gasteiger partial charge in [-0.25, -0.2) is 76.3 Å². The number of H-pyrrole nitrogens is 7. The van der Waals surface area contributed by atoms with Gasteiger partial charge in [0.15, 0.2) is 0 Å². The Hall–Kier alpha value is -2.84. The molecule has 449 valence electrons. The average molecular weight is 1520 g/mol. The first-order valence-corrected chi connectivity index (χ1v) is 28.9. The molecule has 0 saturated carbocycles. The Morgan fingerprint density at radius 1 is 0.282 bits per heavy atom. The first-order chi connectivity index (χ1) is 39.8. The molecule has 0 unspecified atom stereocenters. The number of furan rings is 1. The van der Waals surface area contributed by atoms with Gasteiger partial charge < -0.3 is 39.3 Å². The van der Waals surface area contributed by atoms with Crippen molar-refractivity contribution in [3.63, 3.8) is 0 Å². The Morgan fingerprint density at radius 2 is 0.600 bits per heavy atom. The molecule has 12 rings (SSSR count). The predicted molar refractivity (Wildman–Crippen MR) is 349 cm³/mol. The fourth-order valence-corrected chi connectivity index (χ4v) is 6.18. The van der Waals surface area contributed by atoms with Gasteiger partial charge in [-0.3, -0.25) is 0 Å². The SMILES string of the molecule is CC.CC.CC.CC.CC.CC.CC.CC.CC.CC.[Y].[Y].[Y].[Y].[Y].[c-]1[nH]ccc1-c1[c-][nH]cc1.[c-]1[nH]ccc1-c1[c-]cc[nH]1.[c-]1cc[nH]c1-c1[c-]cc[nH]1.[c-]1cc[nH]c1-c1[c-]cco1.[c-]1ccc2ccccc2c1-c1[c-]ccc2ccccc12. The van der Waals surface area contributed by atoms with Crippen LogP contribution >= 0.6 is 0 Å². The van der Waals surface area contributed by atoms with Gasteiger partial charge in [0.05, 0.1) is 0 Å². The molecule has 0 amide bonds. The van der Waals surface area contributed by atoms with Crippen LogP contribution in [0, 0.1) is 61.1 Å². The van der Waals surface area contributed by atoms with Crippen LogP contribution in [0.5, 0.6) is 0 Å². The van der Waals surface area contributed by atoms with Gasteiger partial charge >= 0.3 is 0 Å². The molecule has 0 atom stereocenters. The molecule has 12 aromatic rings. The normalized spacial score (nSPS) is 8.00. The topological polar surface area (TPSA) is 124 Å². The number of aromatic amines is 7. The van der Waals surface area contributed by atoms with E-state index >= 15 is 0 Å². The zero-order chi connectivity index (χ0) is 60.6. The number of rotatable bonds is 5. The summed E-state index contributed by atoms with van der Waals surface area (Å²) in [6.45, 7) is 40.0. The molecular weight excluding hydrogens is 1420 g/mol. The maximum Gasteiger partial charge on any atom is 0 e. The van der Waals surface area contributed by atoms with E-state index in [1.54, 1.807) is 24.6 Å². The second kappa shape index (κ2) is 71.9. The molecule has 0 aliphatic heterocycles. The third-order valence-corrected chi connectivity index (χ3v) is 8.97. The smallest absolute Gasteiger partial charge is 0 e. The second-order valence-electron chi connectivity index (χ2n) is 12.8. The van der Waals surface area contributed by atoms with E-state index < -0.39 is 0 Å². The summed E-state index contributed by atoms with van der Waals surface area (Å²) in [4.78, 5) is 20.6. The van der Waals surface area contributed by atoms with Crippen LogP contribution in [-0.2, 0) is 164 Å². The van der Waals surface area contributed by atoms with E-state index in [1.165, 1.54) is 21.5 Å². The van der Waals surface area contributed by atoms with E-state index in [4.69, 9.17) is 4.42 Å². The van der Waals surface area contributed by atoms with E-state index in [0.29, 0.717) is 5.76 Å². The monoisotopic (exact) mass is 1520 g/mol. The van der Waals surface area contributed by atoms with E-state index in [-0.39, 0.29) is 164 Å². The van der Waals surface area contributed by atoms with Crippen molar-refractivity contribution < 1.29 is 168 Å². The molecule has 0 fully saturated rings. The van der Waals surface area contributed by atoms with Gasteiger partial charge in [0.25, 0.3) is 0 Å². The molecule has 5 radical (unpaired) electrons. The minimum atomic E-state index is 0. The zero-order valence-corrected chi connectivity index (χ0v) is 69.2. The molecule has 8 aromatic heterocycles. The van der Waals surface area contributed by atoms with Crippen molar-refractivity contribution in [2.24, 2.45) is 0 Å². The van der Waals surface area contributed by atoms with Crippen LogP contribution in [-0.4, -0.2) is 34.9 Å². The van der Waals surface area contributed by atoms with Crippen molar-refractivity contribution in [1.82, 2.24) is 34.9 Å². The summed E-state index contributed by atoms with van der Waals surface area (Å²) >= 11 is 0. The van der Waals surface area contributed by atoms with Crippen molar-refractivity contribution in [3.05, 3.63) is 232 Å². The van der Waals surface area contributed by atoms with Gasteiger partial charge in [-0.05, 0) is 6.26 Å². The molecule has 4 aromatic carbocycles. The molecule has 85 heavy (non-hydrogen) atoms. The predicted octanol–water partition coefficient (Wildman–Crippen LogP) is 22.2. The molecule has 13 heteroatoms. The number of aromatic nitrogens is 7. The van der Waals surface area contributed by atoms with Crippen LogP contribution in [0.1, 0.15) is 138 Å². The third kappa shape index (κ3) is 38.3. The summed E-state index contributed by atoms with van der Waals surface area (Å²) in [5.41, 5.74) is 9.06. The van der Waals surface area contributed by atoms with Gasteiger partial charge in [-0.15, -0.1) is 113 Å². The number of hydrogen-bond acceptors (Lipinski definition) is 1. The minimum absolute atomic E-state index is 0. The summed E-state index contributed by atoms with van der Waals surface area (Å²) in [6.07, 6.45) is 23.3. The first-order valence-electron chi connectivity index (χ1n) is 28.9. The van der Waals surface area contributed by atoms with E-state index in [9.17, 15) is 0 Å². The van der Waals surface area contributed by atoms with Crippen molar-refractivity contribution in [2.75, 3.05) is 0 Å². The molecule has 0 saturated heterocycles. The maximum atomic E-state index is 5.06. The Morgan fingerprint density at radius 3 is 0.894 bits per heavy atom. The summed E-state index contributed by atoms with van der Waals surface area (Å²) in [5, 5.41) is 4.93. The fraction of sp³-hybridized carbons (Fsp3) is 0.278. The van der Waals surface area contributed by atoms with Gasteiger partial charge in [0, 0.05) is 164 Å². The number of hydrogen-bond donors (Lipinski definition) is 7. The minimum Gasteiger partial charge on any atom is -0.602 e. The summed E-state index contributed by atoms with van der Waals surface area (Å²) in [7, 11) is 0. The van der Waals surface area contributed by atoms with Gasteiger partial charge in [0.1, 0.15) is 0 Å². The fourth-order valence-electron chi connectivity index (χ4n) is 6.18. The van der Waals surface area contributed by atoms with E-state index in [2.05, 4.69) is 157 Å². The molecule has 8 nitrogen and oxygen atoms in total. The van der Waals surface area contributed by atoms with Crippen LogP contribution in [0.4, 0.5) is 0 Å². The van der Waals surface area contributed by atoms with E-state index in [0.717, 1.165) is 50.6 Å². The van der Waals surface area contributed by atoms with Gasteiger partial charge in [-0.1, -0.05) is 181 Å².